The summed E-state index contributed by atoms with van der Waals surface area (Å²) >= 11 is 0. The normalized spacial score (nSPS) is 19.9. The van der Waals surface area contributed by atoms with Crippen LogP contribution in [0.4, 0.5) is 0 Å². The maximum Gasteiger partial charge on any atom is 0.272 e. The van der Waals surface area contributed by atoms with Crippen LogP contribution in [-0.2, 0) is 4.74 Å². The molecule has 0 aliphatic carbocycles. The Labute approximate surface area is 119 Å². The molecule has 1 fully saturated rings. The fourth-order valence-corrected chi connectivity index (χ4v) is 2.37. The third-order valence-corrected chi connectivity index (χ3v) is 3.22. The Morgan fingerprint density at radius 1 is 1.55 bits per heavy atom. The van der Waals surface area contributed by atoms with E-state index in [0.29, 0.717) is 37.9 Å². The van der Waals surface area contributed by atoms with Gasteiger partial charge >= 0.3 is 0 Å². The van der Waals surface area contributed by atoms with E-state index in [1.54, 1.807) is 11.0 Å². The SMILES string of the molecule is CN(C)C[C@H]1COCCN(C(=O)c2ccc(O)cn2)C1. The lowest BCUT2D eigenvalue weighted by Gasteiger charge is -2.25. The summed E-state index contributed by atoms with van der Waals surface area (Å²) in [5, 5.41) is 9.22. The predicted octanol–water partition coefficient (Wildman–Crippen LogP) is 0.437. The van der Waals surface area contributed by atoms with E-state index in [-0.39, 0.29) is 11.7 Å². The van der Waals surface area contributed by atoms with Crippen LogP contribution in [-0.4, -0.2) is 72.7 Å². The van der Waals surface area contributed by atoms with Crippen LogP contribution in [0, 0.1) is 5.92 Å². The number of amides is 1. The number of pyridine rings is 1. The van der Waals surface area contributed by atoms with E-state index in [2.05, 4.69) is 9.88 Å². The fourth-order valence-electron chi connectivity index (χ4n) is 2.37. The van der Waals surface area contributed by atoms with Crippen molar-refractivity contribution in [1.29, 1.82) is 0 Å². The van der Waals surface area contributed by atoms with Crippen molar-refractivity contribution in [1.82, 2.24) is 14.8 Å². The van der Waals surface area contributed by atoms with Crippen molar-refractivity contribution in [3.8, 4) is 5.75 Å². The average Bonchev–Trinajstić information content (AvgIpc) is 2.63. The van der Waals surface area contributed by atoms with Crippen LogP contribution < -0.4 is 0 Å². The van der Waals surface area contributed by atoms with Gasteiger partial charge in [0.15, 0.2) is 0 Å². The Kier molecular flexibility index (Phi) is 4.92. The molecular formula is C14H21N3O3. The standard InChI is InChI=1S/C14H21N3O3/c1-16(2)8-11-9-17(5-6-20-10-11)14(19)13-4-3-12(18)7-15-13/h3-4,7,11,18H,5-6,8-10H2,1-2H3/t11-/m1/s1. The van der Waals surface area contributed by atoms with Gasteiger partial charge in [-0.25, -0.2) is 4.98 Å². The van der Waals surface area contributed by atoms with Crippen molar-refractivity contribution in [3.05, 3.63) is 24.0 Å². The summed E-state index contributed by atoms with van der Waals surface area (Å²) in [5.41, 5.74) is 0.355. The van der Waals surface area contributed by atoms with E-state index in [4.69, 9.17) is 4.74 Å². The predicted molar refractivity (Wildman–Crippen MR) is 74.7 cm³/mol. The van der Waals surface area contributed by atoms with Gasteiger partial charge in [-0.3, -0.25) is 4.79 Å². The Hall–Kier alpha value is -1.66. The summed E-state index contributed by atoms with van der Waals surface area (Å²) in [4.78, 5) is 20.3. The van der Waals surface area contributed by atoms with Gasteiger partial charge in [0.1, 0.15) is 11.4 Å². The maximum absolute atomic E-state index is 12.4. The maximum atomic E-state index is 12.4. The first-order valence-corrected chi connectivity index (χ1v) is 6.73. The van der Waals surface area contributed by atoms with Crippen molar-refractivity contribution >= 4 is 5.91 Å². The number of hydrogen-bond acceptors (Lipinski definition) is 5. The number of ether oxygens (including phenoxy) is 1. The number of aromatic hydroxyl groups is 1. The summed E-state index contributed by atoms with van der Waals surface area (Å²) in [6, 6.07) is 3.02. The van der Waals surface area contributed by atoms with Crippen molar-refractivity contribution in [2.75, 3.05) is 46.9 Å². The minimum absolute atomic E-state index is 0.0613. The van der Waals surface area contributed by atoms with Gasteiger partial charge in [0.2, 0.25) is 0 Å². The molecule has 0 unspecified atom stereocenters. The van der Waals surface area contributed by atoms with Crippen LogP contribution >= 0.6 is 0 Å². The second-order valence-electron chi connectivity index (χ2n) is 5.36. The van der Waals surface area contributed by atoms with Crippen molar-refractivity contribution in [2.24, 2.45) is 5.92 Å². The van der Waals surface area contributed by atoms with E-state index >= 15 is 0 Å². The highest BCUT2D eigenvalue weighted by molar-refractivity contribution is 5.92. The zero-order valence-corrected chi connectivity index (χ0v) is 12.0. The number of aromatic nitrogens is 1. The molecule has 1 aromatic heterocycles. The summed E-state index contributed by atoms with van der Waals surface area (Å²) in [6.07, 6.45) is 1.29. The third-order valence-electron chi connectivity index (χ3n) is 3.22. The Balaban J connectivity index is 2.05. The van der Waals surface area contributed by atoms with Gasteiger partial charge in [-0.15, -0.1) is 0 Å². The number of carbonyl (C=O) groups is 1. The van der Waals surface area contributed by atoms with Gasteiger partial charge in [-0.2, -0.15) is 0 Å². The Morgan fingerprint density at radius 2 is 2.35 bits per heavy atom. The number of hydrogen-bond donors (Lipinski definition) is 1. The van der Waals surface area contributed by atoms with Gasteiger partial charge in [0, 0.05) is 25.6 Å². The molecule has 1 N–H and O–H groups in total. The molecule has 0 aromatic carbocycles. The van der Waals surface area contributed by atoms with Gasteiger partial charge in [-0.05, 0) is 26.2 Å². The third kappa shape index (κ3) is 3.91. The molecule has 1 aliphatic rings. The first kappa shape index (κ1) is 14.7. The largest absolute Gasteiger partial charge is 0.506 e. The highest BCUT2D eigenvalue weighted by atomic mass is 16.5. The summed E-state index contributed by atoms with van der Waals surface area (Å²) in [7, 11) is 4.02. The van der Waals surface area contributed by atoms with Crippen molar-refractivity contribution < 1.29 is 14.6 Å². The second kappa shape index (κ2) is 6.67. The van der Waals surface area contributed by atoms with E-state index in [0.717, 1.165) is 6.54 Å². The van der Waals surface area contributed by atoms with Crippen molar-refractivity contribution in [2.45, 2.75) is 0 Å². The molecule has 0 spiro atoms. The minimum Gasteiger partial charge on any atom is -0.506 e. The molecule has 20 heavy (non-hydrogen) atoms. The summed E-state index contributed by atoms with van der Waals surface area (Å²) < 4.78 is 5.56. The zero-order chi connectivity index (χ0) is 14.5. The van der Waals surface area contributed by atoms with Gasteiger partial charge < -0.3 is 19.6 Å². The first-order chi connectivity index (χ1) is 9.56. The van der Waals surface area contributed by atoms with Crippen LogP contribution in [0.3, 0.4) is 0 Å². The number of carbonyl (C=O) groups excluding carboxylic acids is 1. The van der Waals surface area contributed by atoms with Gasteiger partial charge in [0.05, 0.1) is 19.4 Å². The molecule has 2 heterocycles. The Morgan fingerprint density at radius 3 is 3.00 bits per heavy atom. The molecule has 0 saturated carbocycles. The molecule has 0 radical (unpaired) electrons. The molecule has 6 heteroatoms. The van der Waals surface area contributed by atoms with E-state index in [9.17, 15) is 9.90 Å². The Bertz CT molecular complexity index is 447. The number of rotatable bonds is 3. The molecule has 1 aliphatic heterocycles. The average molecular weight is 279 g/mol. The van der Waals surface area contributed by atoms with Crippen LogP contribution in [0.5, 0.6) is 5.75 Å². The van der Waals surface area contributed by atoms with Crippen LogP contribution in [0.1, 0.15) is 10.5 Å². The molecule has 0 bridgehead atoms. The van der Waals surface area contributed by atoms with Crippen LogP contribution in [0.25, 0.3) is 0 Å². The summed E-state index contributed by atoms with van der Waals surface area (Å²) in [6.45, 7) is 3.34. The van der Waals surface area contributed by atoms with E-state index < -0.39 is 0 Å². The second-order valence-corrected chi connectivity index (χ2v) is 5.36. The van der Waals surface area contributed by atoms with E-state index in [1.165, 1.54) is 12.3 Å². The lowest BCUT2D eigenvalue weighted by molar-refractivity contribution is 0.0729. The lowest BCUT2D eigenvalue weighted by atomic mass is 10.1. The molecule has 110 valence electrons. The van der Waals surface area contributed by atoms with Crippen LogP contribution in [0.15, 0.2) is 18.3 Å². The molecule has 1 amide bonds. The van der Waals surface area contributed by atoms with Gasteiger partial charge in [0.25, 0.3) is 5.91 Å². The quantitative estimate of drug-likeness (QED) is 0.869. The molecule has 6 nitrogen and oxygen atoms in total. The molecule has 1 atom stereocenters. The van der Waals surface area contributed by atoms with E-state index in [1.807, 2.05) is 14.1 Å². The minimum atomic E-state index is -0.112. The number of nitrogens with zero attached hydrogens (tertiary/aromatic N) is 3. The smallest absolute Gasteiger partial charge is 0.272 e. The fraction of sp³-hybridized carbons (Fsp3) is 0.571. The summed E-state index contributed by atoms with van der Waals surface area (Å²) in [5.74, 6) is 0.249. The highest BCUT2D eigenvalue weighted by Gasteiger charge is 2.24. The molecular weight excluding hydrogens is 258 g/mol. The molecule has 1 saturated heterocycles. The molecule has 1 aromatic rings. The zero-order valence-electron chi connectivity index (χ0n) is 12.0. The van der Waals surface area contributed by atoms with Gasteiger partial charge in [-0.1, -0.05) is 0 Å². The van der Waals surface area contributed by atoms with Crippen molar-refractivity contribution in [3.63, 3.8) is 0 Å². The first-order valence-electron chi connectivity index (χ1n) is 6.73. The lowest BCUT2D eigenvalue weighted by Crippen LogP contribution is -2.39. The monoisotopic (exact) mass is 279 g/mol. The molecule has 2 rings (SSSR count). The topological polar surface area (TPSA) is 65.9 Å². The van der Waals surface area contributed by atoms with Crippen LogP contribution in [0.2, 0.25) is 0 Å². The highest BCUT2D eigenvalue weighted by Crippen LogP contribution is 2.13.